The van der Waals surface area contributed by atoms with Crippen molar-refractivity contribution in [3.63, 3.8) is 0 Å². The number of hydrogen-bond acceptors (Lipinski definition) is 2. The van der Waals surface area contributed by atoms with Gasteiger partial charge in [-0.2, -0.15) is 0 Å². The summed E-state index contributed by atoms with van der Waals surface area (Å²) in [4.78, 5) is 24.3. The number of piperidine rings is 1. The van der Waals surface area contributed by atoms with Crippen molar-refractivity contribution in [3.05, 3.63) is 0 Å². The van der Waals surface area contributed by atoms with Gasteiger partial charge in [0.15, 0.2) is 0 Å². The Morgan fingerprint density at radius 2 is 1.94 bits per heavy atom. The summed E-state index contributed by atoms with van der Waals surface area (Å²) in [5, 5.41) is 8.71. The van der Waals surface area contributed by atoms with Crippen LogP contribution in [0.2, 0.25) is 0 Å². The number of hydrogen-bond donors (Lipinski definition) is 1. The Hall–Kier alpha value is -1.50. The number of terminal acetylenes is 1. The van der Waals surface area contributed by atoms with Crippen molar-refractivity contribution in [3.8, 4) is 12.3 Å². The average molecular weight is 251 g/mol. The Kier molecular flexibility index (Phi) is 6.27. The van der Waals surface area contributed by atoms with Gasteiger partial charge in [-0.15, -0.1) is 12.3 Å². The number of nitrogens with zero attached hydrogens (tertiary/aromatic N) is 1. The fourth-order valence-corrected chi connectivity index (χ4v) is 2.29. The number of carboxylic acid groups (broad SMARTS) is 1. The molecule has 4 heteroatoms. The zero-order valence-corrected chi connectivity index (χ0v) is 10.7. The van der Waals surface area contributed by atoms with E-state index in [0.717, 1.165) is 32.1 Å². The highest BCUT2D eigenvalue weighted by Gasteiger charge is 2.23. The lowest BCUT2D eigenvalue weighted by molar-refractivity contribution is -0.138. The number of aliphatic carboxylic acids is 1. The maximum absolute atomic E-state index is 11.8. The fraction of sp³-hybridized carbons (Fsp3) is 0.714. The van der Waals surface area contributed by atoms with Gasteiger partial charge in [-0.3, -0.25) is 9.59 Å². The van der Waals surface area contributed by atoms with E-state index >= 15 is 0 Å². The lowest BCUT2D eigenvalue weighted by Crippen LogP contribution is -2.38. The molecule has 0 aromatic rings. The van der Waals surface area contributed by atoms with Gasteiger partial charge < -0.3 is 10.0 Å². The molecule has 1 fully saturated rings. The molecule has 1 aliphatic rings. The van der Waals surface area contributed by atoms with Gasteiger partial charge in [0.25, 0.3) is 0 Å². The first-order chi connectivity index (χ1) is 8.63. The van der Waals surface area contributed by atoms with E-state index in [2.05, 4.69) is 5.92 Å². The van der Waals surface area contributed by atoms with Gasteiger partial charge in [0.2, 0.25) is 5.91 Å². The third kappa shape index (κ3) is 5.22. The van der Waals surface area contributed by atoms with E-state index in [4.69, 9.17) is 11.5 Å². The number of likely N-dealkylation sites (tertiary alicyclic amines) is 1. The predicted molar refractivity (Wildman–Crippen MR) is 68.9 cm³/mol. The van der Waals surface area contributed by atoms with Crippen LogP contribution in [0.15, 0.2) is 0 Å². The lowest BCUT2D eigenvalue weighted by Gasteiger charge is -2.31. The number of carbonyl (C=O) groups excluding carboxylic acids is 1. The van der Waals surface area contributed by atoms with Crippen LogP contribution < -0.4 is 0 Å². The van der Waals surface area contributed by atoms with Gasteiger partial charge in [-0.25, -0.2) is 0 Å². The van der Waals surface area contributed by atoms with Crippen LogP contribution in [0, 0.1) is 18.3 Å². The summed E-state index contributed by atoms with van der Waals surface area (Å²) >= 11 is 0. The Balaban J connectivity index is 2.19. The molecule has 0 spiro atoms. The maximum Gasteiger partial charge on any atom is 0.303 e. The topological polar surface area (TPSA) is 57.6 Å². The molecule has 0 saturated carbocycles. The summed E-state index contributed by atoms with van der Waals surface area (Å²) in [6.45, 7) is 1.40. The molecule has 0 bridgehead atoms. The van der Waals surface area contributed by atoms with Crippen molar-refractivity contribution in [1.82, 2.24) is 4.90 Å². The number of amides is 1. The second-order valence-electron chi connectivity index (χ2n) is 4.83. The summed E-state index contributed by atoms with van der Waals surface area (Å²) in [6, 6.07) is 0. The number of rotatable bonds is 6. The van der Waals surface area contributed by atoms with Crippen molar-refractivity contribution in [2.24, 2.45) is 5.92 Å². The zero-order valence-electron chi connectivity index (χ0n) is 10.7. The van der Waals surface area contributed by atoms with E-state index in [-0.39, 0.29) is 18.2 Å². The first-order valence-corrected chi connectivity index (χ1v) is 6.56. The van der Waals surface area contributed by atoms with Crippen LogP contribution in [0.3, 0.4) is 0 Å². The maximum atomic E-state index is 11.8. The van der Waals surface area contributed by atoms with E-state index in [1.54, 1.807) is 0 Å². The summed E-state index contributed by atoms with van der Waals surface area (Å²) in [5.41, 5.74) is 0. The quantitative estimate of drug-likeness (QED) is 0.579. The Morgan fingerprint density at radius 3 is 2.50 bits per heavy atom. The van der Waals surface area contributed by atoms with E-state index in [1.165, 1.54) is 0 Å². The number of carbonyl (C=O) groups is 2. The first-order valence-electron chi connectivity index (χ1n) is 6.56. The van der Waals surface area contributed by atoms with Crippen LogP contribution in [0.1, 0.15) is 44.9 Å². The SMILES string of the molecule is C#CCCCCC(=O)N1CCC(CC(=O)O)CC1. The van der Waals surface area contributed by atoms with E-state index in [9.17, 15) is 9.59 Å². The van der Waals surface area contributed by atoms with E-state index in [0.29, 0.717) is 19.5 Å². The van der Waals surface area contributed by atoms with Gasteiger partial charge in [-0.05, 0) is 31.6 Å². The second kappa shape index (κ2) is 7.75. The smallest absolute Gasteiger partial charge is 0.303 e. The van der Waals surface area contributed by atoms with Crippen LogP contribution in [-0.2, 0) is 9.59 Å². The van der Waals surface area contributed by atoms with Crippen molar-refractivity contribution in [2.75, 3.05) is 13.1 Å². The molecule has 1 saturated heterocycles. The van der Waals surface area contributed by atoms with Crippen molar-refractivity contribution >= 4 is 11.9 Å². The summed E-state index contributed by atoms with van der Waals surface area (Å²) < 4.78 is 0. The zero-order chi connectivity index (χ0) is 13.4. The summed E-state index contributed by atoms with van der Waals surface area (Å²) in [6.07, 6.45) is 10.0. The number of carboxylic acids is 1. The molecule has 1 amide bonds. The van der Waals surface area contributed by atoms with Crippen LogP contribution in [0.5, 0.6) is 0 Å². The van der Waals surface area contributed by atoms with Crippen LogP contribution in [0.25, 0.3) is 0 Å². The molecular formula is C14H21NO3. The molecule has 1 aliphatic heterocycles. The molecule has 1 N–H and O–H groups in total. The van der Waals surface area contributed by atoms with Gasteiger partial charge in [0.1, 0.15) is 0 Å². The highest BCUT2D eigenvalue weighted by molar-refractivity contribution is 5.76. The summed E-state index contributed by atoms with van der Waals surface area (Å²) in [7, 11) is 0. The monoisotopic (exact) mass is 251 g/mol. The number of unbranched alkanes of at least 4 members (excludes halogenated alkanes) is 2. The molecule has 0 aromatic heterocycles. The first kappa shape index (κ1) is 14.6. The molecule has 0 atom stereocenters. The molecule has 18 heavy (non-hydrogen) atoms. The summed E-state index contributed by atoms with van der Waals surface area (Å²) in [5.74, 6) is 2.23. The highest BCUT2D eigenvalue weighted by Crippen LogP contribution is 2.21. The van der Waals surface area contributed by atoms with Crippen LogP contribution in [-0.4, -0.2) is 35.0 Å². The van der Waals surface area contributed by atoms with Gasteiger partial charge >= 0.3 is 5.97 Å². The average Bonchev–Trinajstić information content (AvgIpc) is 2.34. The van der Waals surface area contributed by atoms with E-state index in [1.807, 2.05) is 4.90 Å². The molecular weight excluding hydrogens is 230 g/mol. The van der Waals surface area contributed by atoms with Crippen molar-refractivity contribution < 1.29 is 14.7 Å². The Morgan fingerprint density at radius 1 is 1.28 bits per heavy atom. The largest absolute Gasteiger partial charge is 0.481 e. The minimum absolute atomic E-state index is 0.181. The van der Waals surface area contributed by atoms with Crippen molar-refractivity contribution in [2.45, 2.75) is 44.9 Å². The van der Waals surface area contributed by atoms with Crippen molar-refractivity contribution in [1.29, 1.82) is 0 Å². The Labute approximate surface area is 108 Å². The van der Waals surface area contributed by atoms with Gasteiger partial charge in [-0.1, -0.05) is 0 Å². The third-order valence-corrected chi connectivity index (χ3v) is 3.39. The highest BCUT2D eigenvalue weighted by atomic mass is 16.4. The van der Waals surface area contributed by atoms with E-state index < -0.39 is 5.97 Å². The molecule has 0 unspecified atom stereocenters. The fourth-order valence-electron chi connectivity index (χ4n) is 2.29. The second-order valence-corrected chi connectivity index (χ2v) is 4.83. The van der Waals surface area contributed by atoms with Crippen LogP contribution >= 0.6 is 0 Å². The van der Waals surface area contributed by atoms with Gasteiger partial charge in [0, 0.05) is 32.4 Å². The standard InChI is InChI=1S/C14H21NO3/c1-2-3-4-5-6-13(16)15-9-7-12(8-10-15)11-14(17)18/h1,12H,3-11H2,(H,17,18). The van der Waals surface area contributed by atoms with Gasteiger partial charge in [0.05, 0.1) is 0 Å². The Bertz CT molecular complexity index is 324. The normalized spacial score (nSPS) is 16.3. The molecule has 100 valence electrons. The minimum atomic E-state index is -0.742. The predicted octanol–water partition coefficient (Wildman–Crippen LogP) is 1.89. The molecule has 4 nitrogen and oxygen atoms in total. The molecule has 1 rings (SSSR count). The molecule has 1 heterocycles. The minimum Gasteiger partial charge on any atom is -0.481 e. The molecule has 0 radical (unpaired) electrons. The molecule has 0 aromatic carbocycles. The lowest BCUT2D eigenvalue weighted by atomic mass is 9.93. The molecule has 0 aliphatic carbocycles. The third-order valence-electron chi connectivity index (χ3n) is 3.39. The van der Waals surface area contributed by atoms with Crippen LogP contribution in [0.4, 0.5) is 0 Å².